The topological polar surface area (TPSA) is 17.1 Å². The molecule has 67 valence electrons. The highest BCUT2D eigenvalue weighted by molar-refractivity contribution is 5.40. The molecule has 0 aromatic heterocycles. The van der Waals surface area contributed by atoms with E-state index in [0.717, 1.165) is 18.8 Å². The Hall–Kier alpha value is -0.550. The van der Waals surface area contributed by atoms with Crippen molar-refractivity contribution >= 4 is 5.94 Å². The molecule has 1 heteroatoms. The van der Waals surface area contributed by atoms with Gasteiger partial charge < -0.3 is 0 Å². The van der Waals surface area contributed by atoms with Gasteiger partial charge in [0, 0.05) is 0 Å². The molecule has 1 saturated carbocycles. The first-order valence-corrected chi connectivity index (χ1v) is 5.03. The molecule has 1 fully saturated rings. The van der Waals surface area contributed by atoms with Crippen molar-refractivity contribution in [3.05, 3.63) is 6.08 Å². The second-order valence-electron chi connectivity index (χ2n) is 3.68. The molecule has 0 heterocycles. The Labute approximate surface area is 74.9 Å². The lowest BCUT2D eigenvalue weighted by Crippen LogP contribution is -1.97. The third kappa shape index (κ3) is 3.73. The molecule has 12 heavy (non-hydrogen) atoms. The molecular formula is C11H17O. The molecule has 1 aliphatic rings. The fourth-order valence-corrected chi connectivity index (χ4v) is 1.98. The maximum atomic E-state index is 9.88. The SMILES string of the molecule is O=C=[C]CCC1CCCCCC1. The van der Waals surface area contributed by atoms with Gasteiger partial charge >= 0.3 is 0 Å². The second kappa shape index (κ2) is 6.02. The Balaban J connectivity index is 2.15. The van der Waals surface area contributed by atoms with Gasteiger partial charge in [0.1, 0.15) is 5.94 Å². The van der Waals surface area contributed by atoms with Gasteiger partial charge in [-0.2, -0.15) is 0 Å². The van der Waals surface area contributed by atoms with Crippen LogP contribution in [-0.2, 0) is 4.79 Å². The number of hydrogen-bond donors (Lipinski definition) is 0. The summed E-state index contributed by atoms with van der Waals surface area (Å²) < 4.78 is 0. The van der Waals surface area contributed by atoms with Crippen LogP contribution in [0.4, 0.5) is 0 Å². The molecule has 1 rings (SSSR count). The van der Waals surface area contributed by atoms with Crippen LogP contribution in [0.15, 0.2) is 0 Å². The van der Waals surface area contributed by atoms with Crippen molar-refractivity contribution in [2.45, 2.75) is 51.4 Å². The zero-order chi connectivity index (χ0) is 8.65. The Morgan fingerprint density at radius 2 is 1.75 bits per heavy atom. The van der Waals surface area contributed by atoms with E-state index in [0.29, 0.717) is 0 Å². The van der Waals surface area contributed by atoms with E-state index in [1.54, 1.807) is 5.94 Å². The molecule has 0 N–H and O–H groups in total. The van der Waals surface area contributed by atoms with Gasteiger partial charge in [-0.3, -0.25) is 0 Å². The fraction of sp³-hybridized carbons (Fsp3) is 0.818. The number of carbonyl (C=O) groups excluding carboxylic acids is 1. The highest BCUT2D eigenvalue weighted by atomic mass is 16.1. The van der Waals surface area contributed by atoms with Crippen molar-refractivity contribution in [2.24, 2.45) is 5.92 Å². The van der Waals surface area contributed by atoms with E-state index in [1.165, 1.54) is 38.5 Å². The molecule has 0 spiro atoms. The third-order valence-corrected chi connectivity index (χ3v) is 2.72. The molecule has 0 amide bonds. The quantitative estimate of drug-likeness (QED) is 0.464. The molecule has 0 aromatic rings. The van der Waals surface area contributed by atoms with Crippen molar-refractivity contribution < 1.29 is 4.79 Å². The van der Waals surface area contributed by atoms with Crippen LogP contribution < -0.4 is 0 Å². The first-order chi connectivity index (χ1) is 5.93. The summed E-state index contributed by atoms with van der Waals surface area (Å²) in [4.78, 5) is 9.88. The molecule has 0 atom stereocenters. The zero-order valence-corrected chi connectivity index (χ0v) is 7.64. The summed E-state index contributed by atoms with van der Waals surface area (Å²) in [6.07, 6.45) is 12.9. The minimum absolute atomic E-state index is 0.814. The first-order valence-electron chi connectivity index (χ1n) is 5.03. The van der Waals surface area contributed by atoms with Gasteiger partial charge in [-0.15, -0.1) is 0 Å². The average molecular weight is 165 g/mol. The lowest BCUT2D eigenvalue weighted by atomic mass is 9.95. The minimum Gasteiger partial charge on any atom is -0.233 e. The van der Waals surface area contributed by atoms with E-state index in [2.05, 4.69) is 6.08 Å². The number of rotatable bonds is 3. The smallest absolute Gasteiger partial charge is 0.128 e. The van der Waals surface area contributed by atoms with E-state index in [-0.39, 0.29) is 0 Å². The molecule has 1 aliphatic carbocycles. The standard InChI is InChI=1S/C11H17O/c12-10-6-5-9-11-7-3-1-2-4-8-11/h11H,1-5,7-9H2. The number of allylic oxidation sites excluding steroid dienone is 1. The summed E-state index contributed by atoms with van der Waals surface area (Å²) in [6.45, 7) is 0. The zero-order valence-electron chi connectivity index (χ0n) is 7.64. The molecule has 0 bridgehead atoms. The van der Waals surface area contributed by atoms with Crippen molar-refractivity contribution in [2.75, 3.05) is 0 Å². The maximum absolute atomic E-state index is 9.88. The summed E-state index contributed by atoms with van der Waals surface area (Å²) in [7, 11) is 0. The van der Waals surface area contributed by atoms with Gasteiger partial charge in [-0.1, -0.05) is 38.5 Å². The predicted molar refractivity (Wildman–Crippen MR) is 49.4 cm³/mol. The minimum atomic E-state index is 0.814. The Morgan fingerprint density at radius 1 is 1.08 bits per heavy atom. The molecular weight excluding hydrogens is 148 g/mol. The maximum Gasteiger partial charge on any atom is 0.128 e. The third-order valence-electron chi connectivity index (χ3n) is 2.72. The summed E-state index contributed by atoms with van der Waals surface area (Å²) in [5, 5.41) is 0. The highest BCUT2D eigenvalue weighted by Crippen LogP contribution is 2.26. The van der Waals surface area contributed by atoms with Crippen molar-refractivity contribution in [3.63, 3.8) is 0 Å². The summed E-state index contributed by atoms with van der Waals surface area (Å²) in [5.74, 6) is 2.58. The Kier molecular flexibility index (Phi) is 4.79. The highest BCUT2D eigenvalue weighted by Gasteiger charge is 2.10. The Morgan fingerprint density at radius 3 is 2.33 bits per heavy atom. The lowest BCUT2D eigenvalue weighted by Gasteiger charge is -2.10. The van der Waals surface area contributed by atoms with Crippen LogP contribution in [0.5, 0.6) is 0 Å². The summed E-state index contributed by atoms with van der Waals surface area (Å²) >= 11 is 0. The van der Waals surface area contributed by atoms with Crippen LogP contribution in [-0.4, -0.2) is 5.94 Å². The molecule has 0 saturated heterocycles. The second-order valence-corrected chi connectivity index (χ2v) is 3.68. The summed E-state index contributed by atoms with van der Waals surface area (Å²) in [6, 6.07) is 0. The van der Waals surface area contributed by atoms with Crippen molar-refractivity contribution in [1.29, 1.82) is 0 Å². The van der Waals surface area contributed by atoms with Gasteiger partial charge in [0.2, 0.25) is 0 Å². The van der Waals surface area contributed by atoms with Crippen LogP contribution in [0, 0.1) is 12.0 Å². The average Bonchev–Trinajstić information content (AvgIpc) is 2.33. The van der Waals surface area contributed by atoms with Gasteiger partial charge in [-0.25, -0.2) is 4.79 Å². The van der Waals surface area contributed by atoms with Crippen molar-refractivity contribution in [1.82, 2.24) is 0 Å². The van der Waals surface area contributed by atoms with Crippen molar-refractivity contribution in [3.8, 4) is 0 Å². The van der Waals surface area contributed by atoms with Gasteiger partial charge in [-0.05, 0) is 18.8 Å². The van der Waals surface area contributed by atoms with Crippen LogP contribution >= 0.6 is 0 Å². The lowest BCUT2D eigenvalue weighted by molar-refractivity contribution is 0.430. The van der Waals surface area contributed by atoms with E-state index in [9.17, 15) is 4.79 Å². The fourth-order valence-electron chi connectivity index (χ4n) is 1.98. The van der Waals surface area contributed by atoms with E-state index in [1.807, 2.05) is 0 Å². The van der Waals surface area contributed by atoms with E-state index in [4.69, 9.17) is 0 Å². The molecule has 0 unspecified atom stereocenters. The van der Waals surface area contributed by atoms with Crippen LogP contribution in [0.3, 0.4) is 0 Å². The predicted octanol–water partition coefficient (Wildman–Crippen LogP) is 2.93. The van der Waals surface area contributed by atoms with Gasteiger partial charge in [0.05, 0.1) is 6.08 Å². The monoisotopic (exact) mass is 165 g/mol. The van der Waals surface area contributed by atoms with Crippen LogP contribution in [0.2, 0.25) is 0 Å². The largest absolute Gasteiger partial charge is 0.233 e. The van der Waals surface area contributed by atoms with Gasteiger partial charge in [0.15, 0.2) is 0 Å². The number of hydrogen-bond acceptors (Lipinski definition) is 1. The van der Waals surface area contributed by atoms with Crippen LogP contribution in [0.25, 0.3) is 0 Å². The normalized spacial score (nSPS) is 19.7. The molecule has 1 nitrogen and oxygen atoms in total. The molecule has 0 aliphatic heterocycles. The molecule has 1 radical (unpaired) electrons. The van der Waals surface area contributed by atoms with Gasteiger partial charge in [0.25, 0.3) is 0 Å². The van der Waals surface area contributed by atoms with Crippen LogP contribution in [0.1, 0.15) is 51.4 Å². The molecule has 0 aromatic carbocycles. The first kappa shape index (κ1) is 9.54. The summed E-state index contributed by atoms with van der Waals surface area (Å²) in [5.41, 5.74) is 0. The van der Waals surface area contributed by atoms with E-state index < -0.39 is 0 Å². The van der Waals surface area contributed by atoms with E-state index >= 15 is 0 Å². The Bertz CT molecular complexity index is 148.